The SMILES string of the molecule is CCCSc1nc(-c2ccco2)c(C#N)c(=O)[nH]1. The molecule has 1 N–H and O–H groups in total. The van der Waals surface area contributed by atoms with Crippen molar-refractivity contribution in [3.63, 3.8) is 0 Å². The number of H-pyrrole nitrogens is 1. The molecule has 0 bridgehead atoms. The van der Waals surface area contributed by atoms with Crippen molar-refractivity contribution in [1.82, 2.24) is 9.97 Å². The Kier molecular flexibility index (Phi) is 3.85. The van der Waals surface area contributed by atoms with Crippen molar-refractivity contribution >= 4 is 11.8 Å². The maximum absolute atomic E-state index is 11.8. The van der Waals surface area contributed by atoms with Crippen LogP contribution in [0.15, 0.2) is 32.8 Å². The third kappa shape index (κ3) is 2.46. The Balaban J connectivity index is 2.52. The summed E-state index contributed by atoms with van der Waals surface area (Å²) < 4.78 is 5.20. The van der Waals surface area contributed by atoms with Crippen molar-refractivity contribution in [1.29, 1.82) is 5.26 Å². The third-order valence-corrected chi connectivity index (χ3v) is 3.29. The first-order valence-electron chi connectivity index (χ1n) is 5.47. The molecule has 0 aromatic carbocycles. The highest BCUT2D eigenvalue weighted by Gasteiger charge is 2.15. The van der Waals surface area contributed by atoms with Gasteiger partial charge in [0.15, 0.2) is 10.9 Å². The van der Waals surface area contributed by atoms with E-state index in [2.05, 4.69) is 9.97 Å². The van der Waals surface area contributed by atoms with E-state index in [1.54, 1.807) is 12.1 Å². The number of aromatic amines is 1. The number of rotatable bonds is 4. The minimum absolute atomic E-state index is 0.0224. The van der Waals surface area contributed by atoms with Gasteiger partial charge in [-0.3, -0.25) is 4.79 Å². The predicted octanol–water partition coefficient (Wildman–Crippen LogP) is 2.40. The molecule has 5 nitrogen and oxygen atoms in total. The molecule has 0 radical (unpaired) electrons. The van der Waals surface area contributed by atoms with Crippen molar-refractivity contribution in [2.24, 2.45) is 0 Å². The van der Waals surface area contributed by atoms with E-state index in [-0.39, 0.29) is 5.56 Å². The van der Waals surface area contributed by atoms with Gasteiger partial charge in [-0.05, 0) is 18.6 Å². The molecule has 0 atom stereocenters. The van der Waals surface area contributed by atoms with Crippen LogP contribution in [0.4, 0.5) is 0 Å². The van der Waals surface area contributed by atoms with Crippen LogP contribution in [0.25, 0.3) is 11.5 Å². The van der Waals surface area contributed by atoms with Gasteiger partial charge in [0, 0.05) is 5.75 Å². The summed E-state index contributed by atoms with van der Waals surface area (Å²) in [6.45, 7) is 2.04. The van der Waals surface area contributed by atoms with Gasteiger partial charge in [0.1, 0.15) is 17.3 Å². The summed E-state index contributed by atoms with van der Waals surface area (Å²) in [6.07, 6.45) is 2.46. The lowest BCUT2D eigenvalue weighted by Gasteiger charge is -2.03. The summed E-state index contributed by atoms with van der Waals surface area (Å²) >= 11 is 1.45. The number of nitriles is 1. The van der Waals surface area contributed by atoms with Crippen molar-refractivity contribution < 1.29 is 4.42 Å². The first-order chi connectivity index (χ1) is 8.76. The minimum Gasteiger partial charge on any atom is -0.463 e. The highest BCUT2D eigenvalue weighted by atomic mass is 32.2. The fourth-order valence-corrected chi connectivity index (χ4v) is 2.13. The summed E-state index contributed by atoms with van der Waals surface area (Å²) in [5, 5.41) is 9.51. The Morgan fingerprint density at radius 2 is 2.44 bits per heavy atom. The normalized spacial score (nSPS) is 10.2. The summed E-state index contributed by atoms with van der Waals surface area (Å²) in [7, 11) is 0. The average molecular weight is 261 g/mol. The monoisotopic (exact) mass is 261 g/mol. The molecule has 0 aliphatic rings. The standard InChI is InChI=1S/C12H11N3O2S/c1-2-6-18-12-14-10(9-4-3-5-17-9)8(7-13)11(16)15-12/h3-5H,2,6H2,1H3,(H,14,15,16). The van der Waals surface area contributed by atoms with Gasteiger partial charge in [-0.1, -0.05) is 18.7 Å². The van der Waals surface area contributed by atoms with Crippen LogP contribution in [-0.4, -0.2) is 15.7 Å². The largest absolute Gasteiger partial charge is 0.463 e. The maximum Gasteiger partial charge on any atom is 0.270 e. The van der Waals surface area contributed by atoms with Crippen LogP contribution in [0.5, 0.6) is 0 Å². The zero-order valence-electron chi connectivity index (χ0n) is 9.77. The van der Waals surface area contributed by atoms with Crippen LogP contribution in [0.2, 0.25) is 0 Å². The number of nitrogens with zero attached hydrogens (tertiary/aromatic N) is 2. The Bertz CT molecular complexity index is 626. The van der Waals surface area contributed by atoms with E-state index in [0.29, 0.717) is 16.6 Å². The molecule has 0 aliphatic heterocycles. The van der Waals surface area contributed by atoms with Gasteiger partial charge < -0.3 is 9.40 Å². The Morgan fingerprint density at radius 1 is 1.61 bits per heavy atom. The number of thioether (sulfide) groups is 1. The molecule has 0 fully saturated rings. The van der Waals surface area contributed by atoms with Gasteiger partial charge in [0.05, 0.1) is 6.26 Å². The highest BCUT2D eigenvalue weighted by molar-refractivity contribution is 7.99. The number of hydrogen-bond donors (Lipinski definition) is 1. The summed E-state index contributed by atoms with van der Waals surface area (Å²) in [4.78, 5) is 18.6. The van der Waals surface area contributed by atoms with Crippen LogP contribution in [0.1, 0.15) is 18.9 Å². The number of hydrogen-bond acceptors (Lipinski definition) is 5. The van der Waals surface area contributed by atoms with E-state index < -0.39 is 5.56 Å². The topological polar surface area (TPSA) is 82.7 Å². The summed E-state index contributed by atoms with van der Waals surface area (Å²) in [6, 6.07) is 5.23. The third-order valence-electron chi connectivity index (χ3n) is 2.21. The summed E-state index contributed by atoms with van der Waals surface area (Å²) in [5.74, 6) is 1.28. The van der Waals surface area contributed by atoms with Gasteiger partial charge >= 0.3 is 0 Å². The zero-order chi connectivity index (χ0) is 13.0. The minimum atomic E-state index is -0.433. The van der Waals surface area contributed by atoms with Gasteiger partial charge in [0.2, 0.25) is 0 Å². The molecule has 2 heterocycles. The molecule has 0 amide bonds. The van der Waals surface area contributed by atoms with Crippen LogP contribution in [0, 0.1) is 11.3 Å². The first kappa shape index (κ1) is 12.5. The van der Waals surface area contributed by atoms with E-state index in [0.717, 1.165) is 12.2 Å². The second kappa shape index (κ2) is 5.56. The lowest BCUT2D eigenvalue weighted by Crippen LogP contribution is -2.14. The van der Waals surface area contributed by atoms with Crippen molar-refractivity contribution in [2.45, 2.75) is 18.5 Å². The van der Waals surface area contributed by atoms with Gasteiger partial charge in [-0.15, -0.1) is 0 Å². The van der Waals surface area contributed by atoms with Crippen molar-refractivity contribution in [3.05, 3.63) is 34.3 Å². The molecule has 92 valence electrons. The van der Waals surface area contributed by atoms with E-state index in [4.69, 9.17) is 9.68 Å². The molecular weight excluding hydrogens is 250 g/mol. The summed E-state index contributed by atoms with van der Waals surface area (Å²) in [5.41, 5.74) is -0.159. The fraction of sp³-hybridized carbons (Fsp3) is 0.250. The lowest BCUT2D eigenvalue weighted by atomic mass is 10.2. The molecular formula is C12H11N3O2S. The van der Waals surface area contributed by atoms with E-state index in [1.165, 1.54) is 18.0 Å². The van der Waals surface area contributed by atoms with Crippen LogP contribution >= 0.6 is 11.8 Å². The lowest BCUT2D eigenvalue weighted by molar-refractivity contribution is 0.578. The maximum atomic E-state index is 11.8. The van der Waals surface area contributed by atoms with Gasteiger partial charge in [-0.2, -0.15) is 5.26 Å². The molecule has 2 aromatic rings. The fourth-order valence-electron chi connectivity index (χ4n) is 1.41. The molecule has 0 unspecified atom stereocenters. The van der Waals surface area contributed by atoms with Gasteiger partial charge in [0.25, 0.3) is 5.56 Å². The quantitative estimate of drug-likeness (QED) is 0.675. The van der Waals surface area contributed by atoms with Gasteiger partial charge in [-0.25, -0.2) is 4.98 Å². The second-order valence-electron chi connectivity index (χ2n) is 3.53. The van der Waals surface area contributed by atoms with E-state index in [1.807, 2.05) is 13.0 Å². The molecule has 18 heavy (non-hydrogen) atoms. The molecule has 6 heteroatoms. The molecule has 0 aliphatic carbocycles. The average Bonchev–Trinajstić information content (AvgIpc) is 2.89. The zero-order valence-corrected chi connectivity index (χ0v) is 10.6. The molecule has 0 saturated heterocycles. The molecule has 2 aromatic heterocycles. The van der Waals surface area contributed by atoms with Crippen LogP contribution in [-0.2, 0) is 0 Å². The van der Waals surface area contributed by atoms with E-state index >= 15 is 0 Å². The molecule has 0 spiro atoms. The van der Waals surface area contributed by atoms with Crippen LogP contribution in [0.3, 0.4) is 0 Å². The Morgan fingerprint density at radius 3 is 3.06 bits per heavy atom. The first-order valence-corrected chi connectivity index (χ1v) is 6.46. The molecule has 2 rings (SSSR count). The Labute approximate surface area is 108 Å². The van der Waals surface area contributed by atoms with E-state index in [9.17, 15) is 4.79 Å². The number of furan rings is 1. The number of nitrogens with one attached hydrogen (secondary N) is 1. The predicted molar refractivity (Wildman–Crippen MR) is 68.3 cm³/mol. The molecule has 0 saturated carbocycles. The Hall–Kier alpha value is -2.00. The second-order valence-corrected chi connectivity index (χ2v) is 4.62. The van der Waals surface area contributed by atoms with Crippen molar-refractivity contribution in [2.75, 3.05) is 5.75 Å². The number of aromatic nitrogens is 2. The highest BCUT2D eigenvalue weighted by Crippen LogP contribution is 2.22. The van der Waals surface area contributed by atoms with Crippen LogP contribution < -0.4 is 5.56 Å². The van der Waals surface area contributed by atoms with Crippen molar-refractivity contribution in [3.8, 4) is 17.5 Å². The smallest absolute Gasteiger partial charge is 0.270 e.